The SMILES string of the molecule is CCCCCCCCCCc1ccc(C#Cc2cc3ccc4c5ccc6ccsc6c5ccc4c3s2)cc1. The average Bonchev–Trinajstić information content (AvgIpc) is 3.61. The number of fused-ring (bicyclic) bond motifs is 7. The van der Waals surface area contributed by atoms with Crippen molar-refractivity contribution in [3.05, 3.63) is 94.2 Å². The van der Waals surface area contributed by atoms with Crippen LogP contribution in [0.4, 0.5) is 0 Å². The van der Waals surface area contributed by atoms with Gasteiger partial charge in [-0.15, -0.1) is 22.7 Å². The van der Waals surface area contributed by atoms with Crippen LogP contribution in [0.25, 0.3) is 41.7 Å². The Morgan fingerprint density at radius 1 is 0.579 bits per heavy atom. The van der Waals surface area contributed by atoms with Gasteiger partial charge in [-0.2, -0.15) is 0 Å². The van der Waals surface area contributed by atoms with Gasteiger partial charge in [0.2, 0.25) is 0 Å². The third kappa shape index (κ3) is 5.37. The lowest BCUT2D eigenvalue weighted by molar-refractivity contribution is 0.575. The average molecular weight is 531 g/mol. The zero-order valence-electron chi connectivity index (χ0n) is 22.2. The molecule has 0 radical (unpaired) electrons. The quantitative estimate of drug-likeness (QED) is 0.0990. The van der Waals surface area contributed by atoms with E-state index in [0.717, 1.165) is 10.4 Å². The summed E-state index contributed by atoms with van der Waals surface area (Å²) in [6.45, 7) is 2.28. The van der Waals surface area contributed by atoms with Gasteiger partial charge in [-0.1, -0.05) is 112 Å². The maximum Gasteiger partial charge on any atom is 0.0785 e. The van der Waals surface area contributed by atoms with E-state index >= 15 is 0 Å². The molecule has 0 saturated heterocycles. The molecule has 0 aliphatic rings. The Bertz CT molecular complexity index is 1750. The Hall–Kier alpha value is -3.12. The largest absolute Gasteiger partial charge is 0.143 e. The molecule has 0 unspecified atom stereocenters. The number of hydrogen-bond acceptors (Lipinski definition) is 2. The Balaban J connectivity index is 1.14. The van der Waals surface area contributed by atoms with Crippen LogP contribution in [-0.4, -0.2) is 0 Å². The molecule has 0 nitrogen and oxygen atoms in total. The highest BCUT2D eigenvalue weighted by atomic mass is 32.1. The third-order valence-electron chi connectivity index (χ3n) is 7.70. The van der Waals surface area contributed by atoms with E-state index in [9.17, 15) is 0 Å². The first-order chi connectivity index (χ1) is 18.8. The predicted octanol–water partition coefficient (Wildman–Crippen LogP) is 11.5. The first-order valence-corrected chi connectivity index (χ1v) is 15.9. The van der Waals surface area contributed by atoms with Crippen molar-refractivity contribution in [2.45, 2.75) is 64.7 Å². The second kappa shape index (κ2) is 11.7. The van der Waals surface area contributed by atoms with Gasteiger partial charge in [-0.05, 0) is 69.6 Å². The molecule has 0 N–H and O–H groups in total. The second-order valence-electron chi connectivity index (χ2n) is 10.4. The van der Waals surface area contributed by atoms with Crippen molar-refractivity contribution in [1.29, 1.82) is 0 Å². The Morgan fingerprint density at radius 2 is 1.24 bits per heavy atom. The summed E-state index contributed by atoms with van der Waals surface area (Å²) in [5, 5.41) is 10.2. The van der Waals surface area contributed by atoms with Crippen molar-refractivity contribution >= 4 is 64.4 Å². The molecule has 0 aliphatic heterocycles. The fourth-order valence-electron chi connectivity index (χ4n) is 5.56. The molecule has 2 heterocycles. The molecule has 6 rings (SSSR count). The molecule has 190 valence electrons. The Kier molecular flexibility index (Phi) is 7.77. The van der Waals surface area contributed by atoms with Crippen LogP contribution in [0, 0.1) is 11.8 Å². The van der Waals surface area contributed by atoms with Gasteiger partial charge in [-0.25, -0.2) is 0 Å². The Labute approximate surface area is 234 Å². The lowest BCUT2D eigenvalue weighted by Crippen LogP contribution is -1.87. The summed E-state index contributed by atoms with van der Waals surface area (Å²) in [5.41, 5.74) is 2.53. The van der Waals surface area contributed by atoms with Crippen LogP contribution in [-0.2, 0) is 6.42 Å². The van der Waals surface area contributed by atoms with Gasteiger partial charge in [0.15, 0.2) is 0 Å². The molecule has 0 spiro atoms. The van der Waals surface area contributed by atoms with Gasteiger partial charge in [0.05, 0.1) is 4.88 Å². The molecule has 38 heavy (non-hydrogen) atoms. The zero-order valence-corrected chi connectivity index (χ0v) is 23.8. The van der Waals surface area contributed by atoms with E-state index in [1.165, 1.54) is 105 Å². The van der Waals surface area contributed by atoms with E-state index in [2.05, 4.69) is 96.9 Å². The summed E-state index contributed by atoms with van der Waals surface area (Å²) < 4.78 is 2.71. The van der Waals surface area contributed by atoms with Crippen molar-refractivity contribution in [3.63, 3.8) is 0 Å². The van der Waals surface area contributed by atoms with Crippen LogP contribution in [0.3, 0.4) is 0 Å². The van der Waals surface area contributed by atoms with E-state index in [0.29, 0.717) is 0 Å². The van der Waals surface area contributed by atoms with Crippen molar-refractivity contribution in [2.24, 2.45) is 0 Å². The van der Waals surface area contributed by atoms with E-state index in [1.807, 2.05) is 22.7 Å². The molecule has 6 aromatic rings. The van der Waals surface area contributed by atoms with E-state index in [1.54, 1.807) is 0 Å². The molecular formula is C36H34S2. The van der Waals surface area contributed by atoms with Gasteiger partial charge in [0.1, 0.15) is 0 Å². The summed E-state index contributed by atoms with van der Waals surface area (Å²) in [6.07, 6.45) is 12.1. The summed E-state index contributed by atoms with van der Waals surface area (Å²) in [4.78, 5) is 1.13. The maximum absolute atomic E-state index is 3.44. The van der Waals surface area contributed by atoms with Crippen molar-refractivity contribution < 1.29 is 0 Å². The van der Waals surface area contributed by atoms with Crippen molar-refractivity contribution in [3.8, 4) is 11.8 Å². The zero-order chi connectivity index (χ0) is 25.7. The highest BCUT2D eigenvalue weighted by Crippen LogP contribution is 2.38. The normalized spacial score (nSPS) is 11.5. The summed E-state index contributed by atoms with van der Waals surface area (Å²) in [7, 11) is 0. The highest BCUT2D eigenvalue weighted by Gasteiger charge is 2.10. The summed E-state index contributed by atoms with van der Waals surface area (Å²) in [6, 6.07) is 27.0. The number of unbranched alkanes of at least 4 members (excludes halogenated alkanes) is 7. The lowest BCUT2D eigenvalue weighted by Gasteiger charge is -2.06. The first-order valence-electron chi connectivity index (χ1n) is 14.2. The standard InChI is InChI=1S/C36H34S2/c1-2-3-4-5-6-7-8-9-10-26-11-13-27(14-12-26)15-18-30-25-29-17-20-32-31-19-16-28-23-24-37-35(28)33(31)21-22-34(32)36(29)38-30/h11-14,16-17,19-25H,2-10H2,1H3. The molecule has 2 heteroatoms. The Morgan fingerprint density at radius 3 is 2.00 bits per heavy atom. The molecular weight excluding hydrogens is 497 g/mol. The number of rotatable bonds is 9. The second-order valence-corrected chi connectivity index (χ2v) is 12.4. The van der Waals surface area contributed by atoms with Gasteiger partial charge in [0.25, 0.3) is 0 Å². The highest BCUT2D eigenvalue weighted by molar-refractivity contribution is 7.20. The van der Waals surface area contributed by atoms with E-state index in [4.69, 9.17) is 0 Å². The van der Waals surface area contributed by atoms with Gasteiger partial charge in [-0.3, -0.25) is 0 Å². The topological polar surface area (TPSA) is 0 Å². The van der Waals surface area contributed by atoms with Crippen molar-refractivity contribution in [2.75, 3.05) is 0 Å². The molecule has 4 aromatic carbocycles. The van der Waals surface area contributed by atoms with Gasteiger partial charge < -0.3 is 0 Å². The summed E-state index contributed by atoms with van der Waals surface area (Å²) in [5.74, 6) is 6.85. The minimum Gasteiger partial charge on any atom is -0.143 e. The number of hydrogen-bond donors (Lipinski definition) is 0. The van der Waals surface area contributed by atoms with E-state index < -0.39 is 0 Å². The van der Waals surface area contributed by atoms with Crippen LogP contribution in [0.15, 0.2) is 78.2 Å². The van der Waals surface area contributed by atoms with Crippen molar-refractivity contribution in [1.82, 2.24) is 0 Å². The molecule has 0 fully saturated rings. The number of benzene rings is 4. The van der Waals surface area contributed by atoms with Crippen LogP contribution in [0.2, 0.25) is 0 Å². The molecule has 0 saturated carbocycles. The summed E-state index contributed by atoms with van der Waals surface area (Å²) >= 11 is 3.64. The van der Waals surface area contributed by atoms with Crippen LogP contribution >= 0.6 is 22.7 Å². The van der Waals surface area contributed by atoms with Gasteiger partial charge >= 0.3 is 0 Å². The number of thiophene rings is 2. The third-order valence-corrected chi connectivity index (χ3v) is 9.76. The fourth-order valence-corrected chi connectivity index (χ4v) is 7.53. The van der Waals surface area contributed by atoms with Crippen LogP contribution < -0.4 is 0 Å². The molecule has 2 aromatic heterocycles. The maximum atomic E-state index is 3.44. The van der Waals surface area contributed by atoms with Crippen LogP contribution in [0.5, 0.6) is 0 Å². The monoisotopic (exact) mass is 530 g/mol. The minimum absolute atomic E-state index is 1.10. The van der Waals surface area contributed by atoms with Gasteiger partial charge in [0, 0.05) is 25.7 Å². The minimum atomic E-state index is 1.10. The first kappa shape index (κ1) is 25.2. The molecule has 0 amide bonds. The predicted molar refractivity (Wildman–Crippen MR) is 171 cm³/mol. The lowest BCUT2D eigenvalue weighted by atomic mass is 10.00. The van der Waals surface area contributed by atoms with E-state index in [-0.39, 0.29) is 0 Å². The van der Waals surface area contributed by atoms with Crippen LogP contribution in [0.1, 0.15) is 74.3 Å². The fraction of sp³-hybridized carbons (Fsp3) is 0.278. The molecule has 0 bridgehead atoms. The number of aryl methyl sites for hydroxylation is 1. The molecule has 0 aliphatic carbocycles. The smallest absolute Gasteiger partial charge is 0.0785 e. The molecule has 0 atom stereocenters.